The van der Waals surface area contributed by atoms with E-state index >= 15 is 0 Å². The monoisotopic (exact) mass is 224 g/mol. The van der Waals surface area contributed by atoms with Crippen molar-refractivity contribution < 1.29 is 0 Å². The van der Waals surface area contributed by atoms with Crippen LogP contribution in [-0.4, -0.2) is 9.55 Å². The van der Waals surface area contributed by atoms with Crippen LogP contribution in [0.4, 0.5) is 0 Å². The van der Waals surface area contributed by atoms with Gasteiger partial charge in [0.25, 0.3) is 0 Å². The largest absolute Gasteiger partial charge is 0.326 e. The van der Waals surface area contributed by atoms with Crippen molar-refractivity contribution in [3.8, 4) is 0 Å². The van der Waals surface area contributed by atoms with Crippen molar-refractivity contribution in [1.82, 2.24) is 9.55 Å². The molecule has 1 aromatic rings. The van der Waals surface area contributed by atoms with Gasteiger partial charge < -0.3 is 0 Å². The number of aromatic amines is 1. The summed E-state index contributed by atoms with van der Waals surface area (Å²) in [6.07, 6.45) is 4.10. The Kier molecular flexibility index (Phi) is 2.78. The Hall–Kier alpha value is -0.900. The Morgan fingerprint density at radius 3 is 2.93 bits per heavy atom. The van der Waals surface area contributed by atoms with Gasteiger partial charge in [-0.05, 0) is 32.6 Å². The molecule has 1 aliphatic carbocycles. The molecule has 0 bridgehead atoms. The molecule has 3 nitrogen and oxygen atoms in total. The summed E-state index contributed by atoms with van der Waals surface area (Å²) in [5.74, 6) is 0. The molecule has 0 unspecified atom stereocenters. The number of H-pyrrole nitrogens is 1. The maximum atomic E-state index is 11.8. The summed E-state index contributed by atoms with van der Waals surface area (Å²) in [5, 5.41) is 0. The lowest BCUT2D eigenvalue weighted by atomic mass is 10.2. The lowest BCUT2D eigenvalue weighted by molar-refractivity contribution is 0.485. The molecule has 1 atom stereocenters. The van der Waals surface area contributed by atoms with Crippen LogP contribution in [0.2, 0.25) is 0 Å². The summed E-state index contributed by atoms with van der Waals surface area (Å²) < 4.78 is 2.53. The average molecular weight is 224 g/mol. The third-order valence-electron chi connectivity index (χ3n) is 3.22. The molecule has 0 amide bonds. The van der Waals surface area contributed by atoms with Gasteiger partial charge in [0.2, 0.25) is 0 Å². The second-order valence-corrected chi connectivity index (χ2v) is 4.57. The Morgan fingerprint density at radius 2 is 2.27 bits per heavy atom. The molecule has 4 heteroatoms. The normalized spacial score (nSPS) is 16.4. The zero-order chi connectivity index (χ0) is 11.0. The van der Waals surface area contributed by atoms with Gasteiger partial charge in [-0.2, -0.15) is 0 Å². The molecule has 1 aromatic heterocycles. The molecule has 0 saturated carbocycles. The SMILES string of the molecule is CC[C@H](C)n1c2c(c(=S)[nH]c1=O)CCC2. The van der Waals surface area contributed by atoms with Crippen molar-refractivity contribution in [2.24, 2.45) is 0 Å². The quantitative estimate of drug-likeness (QED) is 0.783. The van der Waals surface area contributed by atoms with Gasteiger partial charge in [0.05, 0.1) is 0 Å². The second kappa shape index (κ2) is 3.93. The number of nitrogens with zero attached hydrogens (tertiary/aromatic N) is 1. The van der Waals surface area contributed by atoms with Gasteiger partial charge >= 0.3 is 5.69 Å². The number of rotatable bonds is 2. The summed E-state index contributed by atoms with van der Waals surface area (Å²) in [7, 11) is 0. The number of nitrogens with one attached hydrogen (secondary N) is 1. The van der Waals surface area contributed by atoms with Gasteiger partial charge in [0.15, 0.2) is 0 Å². The molecule has 1 N–H and O–H groups in total. The molecule has 0 saturated heterocycles. The predicted octanol–water partition coefficient (Wildman–Crippen LogP) is 2.37. The fourth-order valence-corrected chi connectivity index (χ4v) is 2.55. The number of aromatic nitrogens is 2. The summed E-state index contributed by atoms with van der Waals surface area (Å²) in [6.45, 7) is 4.18. The first-order chi connectivity index (χ1) is 7.15. The highest BCUT2D eigenvalue weighted by molar-refractivity contribution is 7.71. The Labute approximate surface area is 94.1 Å². The van der Waals surface area contributed by atoms with E-state index in [4.69, 9.17) is 12.2 Å². The first-order valence-corrected chi connectivity index (χ1v) is 5.92. The lowest BCUT2D eigenvalue weighted by Crippen LogP contribution is -2.29. The van der Waals surface area contributed by atoms with Gasteiger partial charge in [-0.1, -0.05) is 19.1 Å². The van der Waals surface area contributed by atoms with Crippen molar-refractivity contribution in [1.29, 1.82) is 0 Å². The lowest BCUT2D eigenvalue weighted by Gasteiger charge is -2.17. The highest BCUT2D eigenvalue weighted by Gasteiger charge is 2.20. The fraction of sp³-hybridized carbons (Fsp3) is 0.636. The van der Waals surface area contributed by atoms with E-state index in [1.165, 1.54) is 5.56 Å². The van der Waals surface area contributed by atoms with Crippen molar-refractivity contribution >= 4 is 12.2 Å². The van der Waals surface area contributed by atoms with Crippen molar-refractivity contribution in [3.63, 3.8) is 0 Å². The second-order valence-electron chi connectivity index (χ2n) is 4.17. The smallest absolute Gasteiger partial charge is 0.298 e. The molecule has 15 heavy (non-hydrogen) atoms. The van der Waals surface area contributed by atoms with E-state index in [-0.39, 0.29) is 11.7 Å². The van der Waals surface area contributed by atoms with Crippen molar-refractivity contribution in [3.05, 3.63) is 26.4 Å². The Balaban J connectivity index is 2.70. The molecule has 2 rings (SSSR count). The minimum absolute atomic E-state index is 0.0463. The molecular weight excluding hydrogens is 208 g/mol. The molecular formula is C11H16N2OS. The van der Waals surface area contributed by atoms with Crippen molar-refractivity contribution in [2.75, 3.05) is 0 Å². The first kappa shape index (κ1) is 10.6. The van der Waals surface area contributed by atoms with E-state index in [1.54, 1.807) is 0 Å². The van der Waals surface area contributed by atoms with Crippen LogP contribution in [0, 0.1) is 4.64 Å². The van der Waals surface area contributed by atoms with E-state index in [0.29, 0.717) is 4.64 Å². The predicted molar refractivity (Wildman–Crippen MR) is 62.9 cm³/mol. The van der Waals surface area contributed by atoms with E-state index < -0.39 is 0 Å². The Bertz CT molecular complexity index is 486. The highest BCUT2D eigenvalue weighted by Crippen LogP contribution is 2.23. The zero-order valence-electron chi connectivity index (χ0n) is 9.17. The average Bonchev–Trinajstić information content (AvgIpc) is 2.66. The third-order valence-corrected chi connectivity index (χ3v) is 3.57. The summed E-state index contributed by atoms with van der Waals surface area (Å²) in [5.41, 5.74) is 2.30. The standard InChI is InChI=1S/C11H16N2OS/c1-3-7(2)13-9-6-4-5-8(9)10(15)12-11(13)14/h7H,3-6H2,1-2H3,(H,12,14,15)/t7-/m0/s1. The third kappa shape index (κ3) is 1.67. The van der Waals surface area contributed by atoms with E-state index in [1.807, 2.05) is 4.57 Å². The van der Waals surface area contributed by atoms with Crippen LogP contribution in [0.15, 0.2) is 4.79 Å². The minimum atomic E-state index is -0.0463. The van der Waals surface area contributed by atoms with Crippen LogP contribution in [0.25, 0.3) is 0 Å². The molecule has 0 radical (unpaired) electrons. The van der Waals surface area contributed by atoms with Crippen molar-refractivity contribution in [2.45, 2.75) is 45.6 Å². The van der Waals surface area contributed by atoms with Gasteiger partial charge in [-0.15, -0.1) is 0 Å². The molecule has 0 aromatic carbocycles. The summed E-state index contributed by atoms with van der Waals surface area (Å²) in [4.78, 5) is 14.6. The molecule has 1 aliphatic rings. The van der Waals surface area contributed by atoms with Gasteiger partial charge in [0.1, 0.15) is 4.64 Å². The van der Waals surface area contributed by atoms with Gasteiger partial charge in [-0.3, -0.25) is 9.55 Å². The van der Waals surface area contributed by atoms with Crippen LogP contribution >= 0.6 is 12.2 Å². The fourth-order valence-electron chi connectivity index (χ4n) is 2.24. The van der Waals surface area contributed by atoms with Crippen LogP contribution in [-0.2, 0) is 12.8 Å². The molecule has 1 heterocycles. The van der Waals surface area contributed by atoms with Gasteiger partial charge in [-0.25, -0.2) is 4.79 Å². The van der Waals surface area contributed by atoms with Crippen LogP contribution in [0.5, 0.6) is 0 Å². The molecule has 0 spiro atoms. The highest BCUT2D eigenvalue weighted by atomic mass is 32.1. The zero-order valence-corrected chi connectivity index (χ0v) is 9.99. The maximum Gasteiger partial charge on any atom is 0.326 e. The summed E-state index contributed by atoms with van der Waals surface area (Å²) >= 11 is 5.18. The number of fused-ring (bicyclic) bond motifs is 1. The van der Waals surface area contributed by atoms with Crippen LogP contribution in [0.1, 0.15) is 44.0 Å². The number of hydrogen-bond acceptors (Lipinski definition) is 2. The van der Waals surface area contributed by atoms with Crippen LogP contribution < -0.4 is 5.69 Å². The Morgan fingerprint density at radius 1 is 1.53 bits per heavy atom. The molecule has 0 fully saturated rings. The van der Waals surface area contributed by atoms with E-state index in [2.05, 4.69) is 18.8 Å². The van der Waals surface area contributed by atoms with Crippen LogP contribution in [0.3, 0.4) is 0 Å². The summed E-state index contributed by atoms with van der Waals surface area (Å²) in [6, 6.07) is 0.260. The van der Waals surface area contributed by atoms with Gasteiger partial charge in [0, 0.05) is 17.3 Å². The maximum absolute atomic E-state index is 11.8. The number of hydrogen-bond donors (Lipinski definition) is 1. The topological polar surface area (TPSA) is 37.8 Å². The first-order valence-electron chi connectivity index (χ1n) is 5.51. The van der Waals surface area contributed by atoms with E-state index in [0.717, 1.165) is 31.4 Å². The minimum Gasteiger partial charge on any atom is -0.298 e. The van der Waals surface area contributed by atoms with E-state index in [9.17, 15) is 4.79 Å². The molecule has 0 aliphatic heterocycles. The molecule has 82 valence electrons.